The van der Waals surface area contributed by atoms with E-state index < -0.39 is 0 Å². The minimum Gasteiger partial charge on any atom is -0.260 e. The van der Waals surface area contributed by atoms with Crippen LogP contribution in [0, 0.1) is 5.92 Å². The molecule has 0 aromatic carbocycles. The third-order valence-electron chi connectivity index (χ3n) is 2.47. The van der Waals surface area contributed by atoms with Crippen molar-refractivity contribution in [1.82, 2.24) is 4.98 Å². The van der Waals surface area contributed by atoms with Gasteiger partial charge in [0.25, 0.3) is 0 Å². The van der Waals surface area contributed by atoms with Gasteiger partial charge in [-0.05, 0) is 25.3 Å². The van der Waals surface area contributed by atoms with Gasteiger partial charge in [0.05, 0.1) is 10.0 Å². The zero-order valence-electron chi connectivity index (χ0n) is 9.59. The van der Waals surface area contributed by atoms with Crippen molar-refractivity contribution in [2.75, 3.05) is 5.43 Å². The summed E-state index contributed by atoms with van der Waals surface area (Å²) in [4.78, 5) is 4.05. The summed E-state index contributed by atoms with van der Waals surface area (Å²) in [6, 6.07) is 1.63. The molecule has 0 aliphatic carbocycles. The van der Waals surface area contributed by atoms with E-state index in [0.29, 0.717) is 21.8 Å². The SMILES string of the molecule is CC[C@@H](C)/C(C)=N\Nc1ncc(Cl)cc1Cl. The van der Waals surface area contributed by atoms with Crippen molar-refractivity contribution in [2.45, 2.75) is 27.2 Å². The summed E-state index contributed by atoms with van der Waals surface area (Å²) in [5.74, 6) is 0.965. The third-order valence-corrected chi connectivity index (χ3v) is 2.97. The lowest BCUT2D eigenvalue weighted by molar-refractivity contribution is 0.734. The second-order valence-electron chi connectivity index (χ2n) is 3.66. The van der Waals surface area contributed by atoms with Gasteiger partial charge in [0.15, 0.2) is 5.82 Å². The molecule has 5 heteroatoms. The van der Waals surface area contributed by atoms with E-state index >= 15 is 0 Å². The smallest absolute Gasteiger partial charge is 0.165 e. The molecule has 1 aromatic rings. The second-order valence-corrected chi connectivity index (χ2v) is 4.50. The molecule has 0 saturated heterocycles. The standard InChI is InChI=1S/C11H15Cl2N3/c1-4-7(2)8(3)15-16-11-10(13)5-9(12)6-14-11/h5-7H,4H2,1-3H3,(H,14,16)/b15-8-/t7-/m1/s1. The number of hydrogen-bond acceptors (Lipinski definition) is 3. The van der Waals surface area contributed by atoms with Crippen LogP contribution in [0.2, 0.25) is 10.0 Å². The molecule has 1 rings (SSSR count). The first-order valence-electron chi connectivity index (χ1n) is 5.15. The molecule has 3 nitrogen and oxygen atoms in total. The number of anilines is 1. The van der Waals surface area contributed by atoms with Crippen molar-refractivity contribution >= 4 is 34.7 Å². The van der Waals surface area contributed by atoms with E-state index in [0.717, 1.165) is 12.1 Å². The summed E-state index contributed by atoms with van der Waals surface area (Å²) in [5.41, 5.74) is 3.86. The van der Waals surface area contributed by atoms with Gasteiger partial charge >= 0.3 is 0 Å². The lowest BCUT2D eigenvalue weighted by atomic mass is 10.1. The van der Waals surface area contributed by atoms with Crippen molar-refractivity contribution in [3.05, 3.63) is 22.3 Å². The molecule has 1 aromatic heterocycles. The quantitative estimate of drug-likeness (QED) is 0.650. The number of hydrogen-bond donors (Lipinski definition) is 1. The van der Waals surface area contributed by atoms with Crippen LogP contribution >= 0.6 is 23.2 Å². The van der Waals surface area contributed by atoms with E-state index in [1.165, 1.54) is 6.20 Å². The van der Waals surface area contributed by atoms with E-state index in [-0.39, 0.29) is 0 Å². The Morgan fingerprint density at radius 3 is 2.81 bits per heavy atom. The molecule has 0 saturated carbocycles. The molecule has 16 heavy (non-hydrogen) atoms. The lowest BCUT2D eigenvalue weighted by Gasteiger charge is -2.08. The fourth-order valence-corrected chi connectivity index (χ4v) is 1.47. The van der Waals surface area contributed by atoms with E-state index in [9.17, 15) is 0 Å². The molecule has 0 spiro atoms. The Hall–Kier alpha value is -0.800. The average Bonchev–Trinajstić information content (AvgIpc) is 2.26. The fraction of sp³-hybridized carbons (Fsp3) is 0.455. The highest BCUT2D eigenvalue weighted by molar-refractivity contribution is 6.35. The topological polar surface area (TPSA) is 37.3 Å². The molecule has 0 fully saturated rings. The van der Waals surface area contributed by atoms with Crippen LogP contribution in [0.3, 0.4) is 0 Å². The van der Waals surface area contributed by atoms with Gasteiger partial charge in [-0.2, -0.15) is 5.10 Å². The molecule has 0 aliphatic rings. The Bertz CT molecular complexity index is 391. The Kier molecular flexibility index (Phi) is 5.03. The minimum absolute atomic E-state index is 0.443. The molecule has 0 unspecified atom stereocenters. The Balaban J connectivity index is 2.74. The zero-order chi connectivity index (χ0) is 12.1. The predicted octanol–water partition coefficient (Wildman–Crippen LogP) is 4.22. The van der Waals surface area contributed by atoms with E-state index in [1.54, 1.807) is 6.07 Å². The molecule has 0 radical (unpaired) electrons. The molecule has 0 bridgehead atoms. The van der Waals surface area contributed by atoms with Gasteiger partial charge < -0.3 is 0 Å². The fourth-order valence-electron chi connectivity index (χ4n) is 1.04. The molecule has 1 atom stereocenters. The maximum Gasteiger partial charge on any atom is 0.165 e. The lowest BCUT2D eigenvalue weighted by Crippen LogP contribution is -2.08. The Morgan fingerprint density at radius 1 is 1.56 bits per heavy atom. The molecule has 1 N–H and O–H groups in total. The monoisotopic (exact) mass is 259 g/mol. The van der Waals surface area contributed by atoms with Crippen LogP contribution in [0.5, 0.6) is 0 Å². The minimum atomic E-state index is 0.443. The predicted molar refractivity (Wildman–Crippen MR) is 70.4 cm³/mol. The van der Waals surface area contributed by atoms with Gasteiger partial charge in [-0.1, -0.05) is 37.0 Å². The van der Waals surface area contributed by atoms with Crippen molar-refractivity contribution in [3.63, 3.8) is 0 Å². The van der Waals surface area contributed by atoms with Gasteiger partial charge in [-0.25, -0.2) is 4.98 Å². The Labute approximate surface area is 106 Å². The molecule has 0 amide bonds. The average molecular weight is 260 g/mol. The van der Waals surface area contributed by atoms with E-state index in [1.807, 2.05) is 6.92 Å². The van der Waals surface area contributed by atoms with Crippen molar-refractivity contribution < 1.29 is 0 Å². The largest absolute Gasteiger partial charge is 0.260 e. The summed E-state index contributed by atoms with van der Waals surface area (Å²) in [6.07, 6.45) is 2.59. The molecule has 1 heterocycles. The summed E-state index contributed by atoms with van der Waals surface area (Å²) in [7, 11) is 0. The number of nitrogens with zero attached hydrogens (tertiary/aromatic N) is 2. The summed E-state index contributed by atoms with van der Waals surface area (Å²) in [6.45, 7) is 6.22. The van der Waals surface area contributed by atoms with Crippen molar-refractivity contribution in [3.8, 4) is 0 Å². The van der Waals surface area contributed by atoms with Crippen LogP contribution in [0.4, 0.5) is 5.82 Å². The molecule has 88 valence electrons. The highest BCUT2D eigenvalue weighted by Gasteiger charge is 2.04. The van der Waals surface area contributed by atoms with Crippen molar-refractivity contribution in [1.29, 1.82) is 0 Å². The maximum absolute atomic E-state index is 5.95. The number of nitrogens with one attached hydrogen (secondary N) is 1. The van der Waals surface area contributed by atoms with Gasteiger partial charge in [0, 0.05) is 11.9 Å². The zero-order valence-corrected chi connectivity index (χ0v) is 11.1. The third kappa shape index (κ3) is 3.65. The first kappa shape index (κ1) is 13.3. The summed E-state index contributed by atoms with van der Waals surface area (Å²) >= 11 is 11.7. The van der Waals surface area contributed by atoms with Gasteiger partial charge in [-0.15, -0.1) is 0 Å². The van der Waals surface area contributed by atoms with Crippen LogP contribution in [-0.4, -0.2) is 10.7 Å². The van der Waals surface area contributed by atoms with Crippen molar-refractivity contribution in [2.24, 2.45) is 11.0 Å². The normalized spacial score (nSPS) is 13.7. The van der Waals surface area contributed by atoms with E-state index in [2.05, 4.69) is 29.4 Å². The van der Waals surface area contributed by atoms with Gasteiger partial charge in [-0.3, -0.25) is 5.43 Å². The molecule has 0 aliphatic heterocycles. The highest BCUT2D eigenvalue weighted by Crippen LogP contribution is 2.22. The number of rotatable bonds is 4. The highest BCUT2D eigenvalue weighted by atomic mass is 35.5. The number of hydrazone groups is 1. The van der Waals surface area contributed by atoms with Crippen LogP contribution in [-0.2, 0) is 0 Å². The number of pyridine rings is 1. The maximum atomic E-state index is 5.95. The first-order valence-corrected chi connectivity index (χ1v) is 5.91. The van der Waals surface area contributed by atoms with Crippen LogP contribution in [0.1, 0.15) is 27.2 Å². The van der Waals surface area contributed by atoms with Gasteiger partial charge in [0.1, 0.15) is 0 Å². The number of halogens is 2. The summed E-state index contributed by atoms with van der Waals surface area (Å²) < 4.78 is 0. The van der Waals surface area contributed by atoms with E-state index in [4.69, 9.17) is 23.2 Å². The van der Waals surface area contributed by atoms with Gasteiger partial charge in [0.2, 0.25) is 0 Å². The first-order chi connectivity index (χ1) is 7.54. The molecular weight excluding hydrogens is 245 g/mol. The number of aromatic nitrogens is 1. The van der Waals surface area contributed by atoms with Crippen LogP contribution < -0.4 is 5.43 Å². The molecular formula is C11H15Cl2N3. The second kappa shape index (κ2) is 6.06. The Morgan fingerprint density at radius 2 is 2.25 bits per heavy atom. The summed E-state index contributed by atoms with van der Waals surface area (Å²) in [5, 5.41) is 5.21. The van der Waals surface area contributed by atoms with Crippen LogP contribution in [0.25, 0.3) is 0 Å². The van der Waals surface area contributed by atoms with Crippen LogP contribution in [0.15, 0.2) is 17.4 Å².